The van der Waals surface area contributed by atoms with Crippen molar-refractivity contribution < 1.29 is 5.11 Å². The third-order valence-electron chi connectivity index (χ3n) is 0.280. The van der Waals surface area contributed by atoms with Gasteiger partial charge in [-0.3, -0.25) is 5.32 Å². The molecular formula is C2H4Cl3NO. The molecule has 0 unspecified atom stereocenters. The molecule has 0 radical (unpaired) electrons. The van der Waals surface area contributed by atoms with E-state index in [2.05, 4.69) is 5.32 Å². The second-order valence-corrected chi connectivity index (χ2v) is 3.11. The minimum absolute atomic E-state index is 0.337. The maximum absolute atomic E-state index is 8.04. The number of hydrogen-bond acceptors (Lipinski definition) is 2. The van der Waals surface area contributed by atoms with Gasteiger partial charge in [0, 0.05) is 0 Å². The van der Waals surface area contributed by atoms with Gasteiger partial charge in [-0.1, -0.05) is 34.8 Å². The van der Waals surface area contributed by atoms with Crippen LogP contribution in [0.15, 0.2) is 0 Å². The predicted molar refractivity (Wildman–Crippen MR) is 30.5 cm³/mol. The van der Waals surface area contributed by atoms with E-state index in [1.54, 1.807) is 0 Å². The SMILES string of the molecule is OCNC(Cl)(Cl)Cl. The van der Waals surface area contributed by atoms with Crippen LogP contribution in [0.2, 0.25) is 0 Å². The monoisotopic (exact) mass is 163 g/mol. The molecule has 0 rings (SSSR count). The second-order valence-electron chi connectivity index (χ2n) is 0.833. The van der Waals surface area contributed by atoms with E-state index >= 15 is 0 Å². The van der Waals surface area contributed by atoms with Gasteiger partial charge in [-0.25, -0.2) is 0 Å². The van der Waals surface area contributed by atoms with Gasteiger partial charge in [0.25, 0.3) is 0 Å². The summed E-state index contributed by atoms with van der Waals surface area (Å²) in [5, 5.41) is 10.2. The summed E-state index contributed by atoms with van der Waals surface area (Å²) >= 11 is 15.3. The summed E-state index contributed by atoms with van der Waals surface area (Å²) in [4.78, 5) is 0. The lowest BCUT2D eigenvalue weighted by atomic mass is 11.1. The molecule has 7 heavy (non-hydrogen) atoms. The fourth-order valence-electron chi connectivity index (χ4n) is 0.0896. The third-order valence-corrected chi connectivity index (χ3v) is 0.680. The minimum Gasteiger partial charge on any atom is -0.381 e. The van der Waals surface area contributed by atoms with Crippen molar-refractivity contribution in [3.05, 3.63) is 0 Å². The topological polar surface area (TPSA) is 32.3 Å². The van der Waals surface area contributed by atoms with Crippen molar-refractivity contribution in [3.63, 3.8) is 0 Å². The van der Waals surface area contributed by atoms with Gasteiger partial charge < -0.3 is 5.11 Å². The average molecular weight is 164 g/mol. The molecule has 0 aliphatic heterocycles. The zero-order valence-corrected chi connectivity index (χ0v) is 5.56. The fourth-order valence-corrected chi connectivity index (χ4v) is 0.269. The summed E-state index contributed by atoms with van der Waals surface area (Å²) in [6, 6.07) is 0. The molecule has 44 valence electrons. The van der Waals surface area contributed by atoms with E-state index in [0.29, 0.717) is 0 Å². The Morgan fingerprint density at radius 2 is 1.86 bits per heavy atom. The number of rotatable bonds is 1. The summed E-state index contributed by atoms with van der Waals surface area (Å²) < 4.78 is -1.53. The standard InChI is InChI=1S/C2H4Cl3NO/c3-2(4,5)6-1-7/h6-7H,1H2. The number of aliphatic hydroxyl groups excluding tert-OH is 1. The first-order valence-corrected chi connectivity index (χ1v) is 2.62. The van der Waals surface area contributed by atoms with Gasteiger partial charge in [0.2, 0.25) is 3.92 Å². The zero-order valence-electron chi connectivity index (χ0n) is 3.29. The van der Waals surface area contributed by atoms with Crippen molar-refractivity contribution >= 4 is 34.8 Å². The van der Waals surface area contributed by atoms with Gasteiger partial charge in [0.05, 0.1) is 6.73 Å². The van der Waals surface area contributed by atoms with Gasteiger partial charge in [0.1, 0.15) is 0 Å². The van der Waals surface area contributed by atoms with Crippen molar-refractivity contribution in [2.24, 2.45) is 0 Å². The molecule has 0 aliphatic carbocycles. The molecule has 0 atom stereocenters. The summed E-state index contributed by atoms with van der Waals surface area (Å²) in [6.45, 7) is -0.337. The highest BCUT2D eigenvalue weighted by molar-refractivity contribution is 6.67. The molecule has 0 aromatic heterocycles. The van der Waals surface area contributed by atoms with E-state index in [-0.39, 0.29) is 6.73 Å². The Morgan fingerprint density at radius 3 is 1.86 bits per heavy atom. The average Bonchev–Trinajstić information content (AvgIpc) is 1.30. The van der Waals surface area contributed by atoms with Gasteiger partial charge in [-0.15, -0.1) is 0 Å². The van der Waals surface area contributed by atoms with Gasteiger partial charge in [-0.2, -0.15) is 0 Å². The third kappa shape index (κ3) is 6.79. The van der Waals surface area contributed by atoms with Gasteiger partial charge in [0.15, 0.2) is 0 Å². The van der Waals surface area contributed by atoms with Crippen molar-refractivity contribution in [2.75, 3.05) is 6.73 Å². The highest BCUT2D eigenvalue weighted by Crippen LogP contribution is 2.20. The highest BCUT2D eigenvalue weighted by atomic mass is 35.6. The first-order valence-electron chi connectivity index (χ1n) is 1.49. The van der Waals surface area contributed by atoms with E-state index in [9.17, 15) is 0 Å². The maximum atomic E-state index is 8.04. The summed E-state index contributed by atoms with van der Waals surface area (Å²) in [5.74, 6) is 0. The molecule has 2 nitrogen and oxygen atoms in total. The highest BCUT2D eigenvalue weighted by Gasteiger charge is 2.16. The Labute approximate surface area is 56.4 Å². The van der Waals surface area contributed by atoms with Crippen molar-refractivity contribution in [1.29, 1.82) is 0 Å². The lowest BCUT2D eigenvalue weighted by Gasteiger charge is -2.08. The molecule has 0 bridgehead atoms. The first-order chi connectivity index (χ1) is 3.06. The summed E-state index contributed by atoms with van der Waals surface area (Å²) in [6.07, 6.45) is 0. The number of nitrogens with one attached hydrogen (secondary N) is 1. The first kappa shape index (κ1) is 7.79. The molecule has 0 heterocycles. The largest absolute Gasteiger partial charge is 0.381 e. The van der Waals surface area contributed by atoms with Crippen LogP contribution in [-0.2, 0) is 0 Å². The van der Waals surface area contributed by atoms with Crippen LogP contribution in [-0.4, -0.2) is 15.8 Å². The van der Waals surface area contributed by atoms with Crippen molar-refractivity contribution in [3.8, 4) is 0 Å². The number of aliphatic hydroxyl groups is 1. The Bertz CT molecular complexity index is 51.4. The zero-order chi connectivity index (χ0) is 5.91. The Balaban J connectivity index is 3.15. The van der Waals surface area contributed by atoms with Crippen molar-refractivity contribution in [1.82, 2.24) is 5.32 Å². The summed E-state index contributed by atoms with van der Waals surface area (Å²) in [5.41, 5.74) is 0. The normalized spacial score (nSPS) is 12.0. The molecule has 5 heteroatoms. The molecule has 0 aliphatic rings. The van der Waals surface area contributed by atoms with Crippen LogP contribution in [0.5, 0.6) is 0 Å². The van der Waals surface area contributed by atoms with E-state index in [1.807, 2.05) is 0 Å². The van der Waals surface area contributed by atoms with E-state index < -0.39 is 3.92 Å². The minimum atomic E-state index is -1.53. The molecule has 0 aromatic rings. The molecule has 2 N–H and O–H groups in total. The van der Waals surface area contributed by atoms with Crippen LogP contribution in [0.1, 0.15) is 0 Å². The van der Waals surface area contributed by atoms with Crippen LogP contribution < -0.4 is 5.32 Å². The van der Waals surface area contributed by atoms with Gasteiger partial charge >= 0.3 is 0 Å². The lowest BCUT2D eigenvalue weighted by molar-refractivity contribution is 0.261. The number of hydrogen-bond donors (Lipinski definition) is 2. The summed E-state index contributed by atoms with van der Waals surface area (Å²) in [7, 11) is 0. The fraction of sp³-hybridized carbons (Fsp3) is 1.00. The Kier molecular flexibility index (Phi) is 3.28. The molecule has 0 saturated carbocycles. The van der Waals surface area contributed by atoms with Crippen LogP contribution in [0, 0.1) is 0 Å². The molecule has 0 aromatic carbocycles. The predicted octanol–water partition coefficient (Wildman–Crippen LogP) is 0.853. The van der Waals surface area contributed by atoms with E-state index in [1.165, 1.54) is 0 Å². The molecule has 0 spiro atoms. The van der Waals surface area contributed by atoms with Gasteiger partial charge in [-0.05, 0) is 0 Å². The lowest BCUT2D eigenvalue weighted by Crippen LogP contribution is -2.28. The smallest absolute Gasteiger partial charge is 0.246 e. The number of halogens is 3. The quantitative estimate of drug-likeness (QED) is 0.342. The molecule has 0 amide bonds. The van der Waals surface area contributed by atoms with Crippen molar-refractivity contribution in [2.45, 2.75) is 3.92 Å². The van der Waals surface area contributed by atoms with Crippen LogP contribution in [0.4, 0.5) is 0 Å². The van der Waals surface area contributed by atoms with Crippen LogP contribution in [0.3, 0.4) is 0 Å². The van der Waals surface area contributed by atoms with E-state index in [4.69, 9.17) is 39.9 Å². The molecule has 0 fully saturated rings. The maximum Gasteiger partial charge on any atom is 0.246 e. The molecule has 0 saturated heterocycles. The van der Waals surface area contributed by atoms with Crippen LogP contribution >= 0.6 is 34.8 Å². The Hall–Kier alpha value is 0.790. The number of alkyl halides is 3. The van der Waals surface area contributed by atoms with E-state index in [0.717, 1.165) is 0 Å². The molecular weight excluding hydrogens is 160 g/mol. The second kappa shape index (κ2) is 2.95. The van der Waals surface area contributed by atoms with Crippen LogP contribution in [0.25, 0.3) is 0 Å². The Morgan fingerprint density at radius 1 is 1.43 bits per heavy atom.